The minimum atomic E-state index is -0.281. The Morgan fingerprint density at radius 3 is 2.75 bits per heavy atom. The van der Waals surface area contributed by atoms with Crippen LogP contribution in [0.25, 0.3) is 0 Å². The lowest BCUT2D eigenvalue weighted by atomic mass is 10.1. The summed E-state index contributed by atoms with van der Waals surface area (Å²) in [6.07, 6.45) is 2.84. The zero-order chi connectivity index (χ0) is 14.5. The van der Waals surface area contributed by atoms with E-state index in [0.717, 1.165) is 25.9 Å². The Kier molecular flexibility index (Phi) is 4.95. The Morgan fingerprint density at radius 2 is 2.15 bits per heavy atom. The molecule has 5 heteroatoms. The summed E-state index contributed by atoms with van der Waals surface area (Å²) in [5.41, 5.74) is 6.55. The first kappa shape index (κ1) is 14.8. The zero-order valence-corrected chi connectivity index (χ0v) is 11.9. The second-order valence-electron chi connectivity index (χ2n) is 5.33. The van der Waals surface area contributed by atoms with Crippen LogP contribution in [0, 0.1) is 11.7 Å². The van der Waals surface area contributed by atoms with Crippen LogP contribution < -0.4 is 16.0 Å². The lowest BCUT2D eigenvalue weighted by molar-refractivity contribution is -0.119. The van der Waals surface area contributed by atoms with Crippen molar-refractivity contribution in [1.29, 1.82) is 0 Å². The SMILES string of the molecule is CC(CCN)C(=O)Nc1ccc(N2CCCC2)c(F)c1. The second-order valence-corrected chi connectivity index (χ2v) is 5.33. The first-order valence-corrected chi connectivity index (χ1v) is 7.17. The maximum Gasteiger partial charge on any atom is 0.227 e. The van der Waals surface area contributed by atoms with Gasteiger partial charge in [0.1, 0.15) is 5.82 Å². The molecule has 4 nitrogen and oxygen atoms in total. The van der Waals surface area contributed by atoms with Gasteiger partial charge in [0.15, 0.2) is 0 Å². The normalized spacial score (nSPS) is 16.2. The van der Waals surface area contributed by atoms with Crippen LogP contribution in [0.3, 0.4) is 0 Å². The predicted octanol–water partition coefficient (Wildman–Crippen LogP) is 2.35. The predicted molar refractivity (Wildman–Crippen MR) is 79.3 cm³/mol. The molecule has 0 saturated carbocycles. The molecule has 0 aromatic heterocycles. The molecule has 1 aliphatic heterocycles. The highest BCUT2D eigenvalue weighted by atomic mass is 19.1. The van der Waals surface area contributed by atoms with Gasteiger partial charge in [-0.2, -0.15) is 0 Å². The number of anilines is 2. The minimum absolute atomic E-state index is 0.122. The summed E-state index contributed by atoms with van der Waals surface area (Å²) in [7, 11) is 0. The number of carbonyl (C=O) groups excluding carboxylic acids is 1. The quantitative estimate of drug-likeness (QED) is 0.870. The van der Waals surface area contributed by atoms with Crippen molar-refractivity contribution in [3.63, 3.8) is 0 Å². The maximum atomic E-state index is 14.1. The van der Waals surface area contributed by atoms with E-state index in [1.165, 1.54) is 6.07 Å². The zero-order valence-electron chi connectivity index (χ0n) is 11.9. The topological polar surface area (TPSA) is 58.4 Å². The molecule has 2 rings (SSSR count). The van der Waals surface area contributed by atoms with Gasteiger partial charge in [0.2, 0.25) is 5.91 Å². The number of hydrogen-bond acceptors (Lipinski definition) is 3. The lowest BCUT2D eigenvalue weighted by Crippen LogP contribution is -2.23. The fourth-order valence-corrected chi connectivity index (χ4v) is 2.45. The van der Waals surface area contributed by atoms with Gasteiger partial charge in [0.25, 0.3) is 0 Å². The molecule has 1 aliphatic rings. The van der Waals surface area contributed by atoms with Gasteiger partial charge in [-0.25, -0.2) is 4.39 Å². The lowest BCUT2D eigenvalue weighted by Gasteiger charge is -2.19. The number of nitrogens with zero attached hydrogens (tertiary/aromatic N) is 1. The highest BCUT2D eigenvalue weighted by Gasteiger charge is 2.17. The molecular weight excluding hydrogens is 257 g/mol. The van der Waals surface area contributed by atoms with Crippen LogP contribution in [0.2, 0.25) is 0 Å². The van der Waals surface area contributed by atoms with E-state index < -0.39 is 0 Å². The van der Waals surface area contributed by atoms with Crippen LogP contribution in [0.4, 0.5) is 15.8 Å². The second kappa shape index (κ2) is 6.70. The highest BCUT2D eigenvalue weighted by Crippen LogP contribution is 2.26. The number of carbonyl (C=O) groups is 1. The molecule has 1 saturated heterocycles. The molecule has 0 bridgehead atoms. The molecular formula is C15H22FN3O. The van der Waals surface area contributed by atoms with E-state index in [-0.39, 0.29) is 17.6 Å². The van der Waals surface area contributed by atoms with E-state index in [0.29, 0.717) is 24.3 Å². The van der Waals surface area contributed by atoms with Crippen molar-refractivity contribution < 1.29 is 9.18 Å². The van der Waals surface area contributed by atoms with Crippen LogP contribution in [0.15, 0.2) is 18.2 Å². The van der Waals surface area contributed by atoms with Crippen molar-refractivity contribution in [3.05, 3.63) is 24.0 Å². The van der Waals surface area contributed by atoms with Gasteiger partial charge in [0.05, 0.1) is 5.69 Å². The molecule has 0 radical (unpaired) electrons. The van der Waals surface area contributed by atoms with Crippen molar-refractivity contribution in [3.8, 4) is 0 Å². The molecule has 20 heavy (non-hydrogen) atoms. The van der Waals surface area contributed by atoms with Crippen molar-refractivity contribution in [1.82, 2.24) is 0 Å². The number of nitrogens with one attached hydrogen (secondary N) is 1. The van der Waals surface area contributed by atoms with Gasteiger partial charge >= 0.3 is 0 Å². The van der Waals surface area contributed by atoms with E-state index >= 15 is 0 Å². The summed E-state index contributed by atoms with van der Waals surface area (Å²) >= 11 is 0. The first-order valence-electron chi connectivity index (χ1n) is 7.17. The van der Waals surface area contributed by atoms with Gasteiger partial charge in [0, 0.05) is 24.7 Å². The Bertz CT molecular complexity index is 472. The van der Waals surface area contributed by atoms with Crippen molar-refractivity contribution in [2.24, 2.45) is 11.7 Å². The van der Waals surface area contributed by atoms with E-state index in [9.17, 15) is 9.18 Å². The van der Waals surface area contributed by atoms with E-state index in [1.54, 1.807) is 12.1 Å². The molecule has 0 spiro atoms. The van der Waals surface area contributed by atoms with Gasteiger partial charge in [-0.05, 0) is 44.0 Å². The molecule has 3 N–H and O–H groups in total. The third-order valence-corrected chi connectivity index (χ3v) is 3.71. The van der Waals surface area contributed by atoms with Gasteiger partial charge < -0.3 is 16.0 Å². The van der Waals surface area contributed by atoms with Crippen LogP contribution in [-0.2, 0) is 4.79 Å². The monoisotopic (exact) mass is 279 g/mol. The summed E-state index contributed by atoms with van der Waals surface area (Å²) in [5.74, 6) is -0.568. The van der Waals surface area contributed by atoms with Crippen molar-refractivity contribution in [2.75, 3.05) is 29.9 Å². The number of rotatable bonds is 5. The molecule has 1 unspecified atom stereocenters. The number of amides is 1. The molecule has 1 amide bonds. The molecule has 110 valence electrons. The Morgan fingerprint density at radius 1 is 1.45 bits per heavy atom. The summed E-state index contributed by atoms with van der Waals surface area (Å²) in [4.78, 5) is 13.9. The fourth-order valence-electron chi connectivity index (χ4n) is 2.45. The average Bonchev–Trinajstić information content (AvgIpc) is 2.93. The Labute approximate surface area is 119 Å². The van der Waals surface area contributed by atoms with Crippen LogP contribution in [0.5, 0.6) is 0 Å². The van der Waals surface area contributed by atoms with Crippen LogP contribution in [0.1, 0.15) is 26.2 Å². The smallest absolute Gasteiger partial charge is 0.227 e. The van der Waals surface area contributed by atoms with Crippen LogP contribution in [-0.4, -0.2) is 25.5 Å². The molecule has 1 fully saturated rings. The number of benzene rings is 1. The van der Waals surface area contributed by atoms with E-state index in [4.69, 9.17) is 5.73 Å². The molecule has 1 atom stereocenters. The largest absolute Gasteiger partial charge is 0.369 e. The highest BCUT2D eigenvalue weighted by molar-refractivity contribution is 5.92. The summed E-state index contributed by atoms with van der Waals surface area (Å²) < 4.78 is 14.1. The molecule has 1 aromatic carbocycles. The van der Waals surface area contributed by atoms with Crippen LogP contribution >= 0.6 is 0 Å². The third-order valence-electron chi connectivity index (χ3n) is 3.71. The number of hydrogen-bond donors (Lipinski definition) is 2. The average molecular weight is 279 g/mol. The van der Waals surface area contributed by atoms with Gasteiger partial charge in [-0.15, -0.1) is 0 Å². The first-order chi connectivity index (χ1) is 9.61. The van der Waals surface area contributed by atoms with E-state index in [1.807, 2.05) is 11.8 Å². The standard InChI is InChI=1S/C15H22FN3O/c1-11(6-7-17)15(20)18-12-4-5-14(13(16)10-12)19-8-2-3-9-19/h4-5,10-11H,2-3,6-9,17H2,1H3,(H,18,20). The van der Waals surface area contributed by atoms with E-state index in [2.05, 4.69) is 5.32 Å². The Balaban J connectivity index is 2.03. The number of halogens is 1. The fraction of sp³-hybridized carbons (Fsp3) is 0.533. The van der Waals surface area contributed by atoms with Gasteiger partial charge in [-0.1, -0.05) is 6.92 Å². The number of nitrogens with two attached hydrogens (primary N) is 1. The molecule has 0 aliphatic carbocycles. The van der Waals surface area contributed by atoms with Crippen molar-refractivity contribution >= 4 is 17.3 Å². The Hall–Kier alpha value is -1.62. The summed E-state index contributed by atoms with van der Waals surface area (Å²) in [6, 6.07) is 4.88. The molecule has 1 aromatic rings. The third kappa shape index (κ3) is 3.48. The molecule has 1 heterocycles. The van der Waals surface area contributed by atoms with Crippen molar-refractivity contribution in [2.45, 2.75) is 26.2 Å². The maximum absolute atomic E-state index is 14.1. The van der Waals surface area contributed by atoms with Gasteiger partial charge in [-0.3, -0.25) is 4.79 Å². The minimum Gasteiger partial charge on any atom is -0.369 e. The summed E-state index contributed by atoms with van der Waals surface area (Å²) in [6.45, 7) is 4.08. The summed E-state index contributed by atoms with van der Waals surface area (Å²) in [5, 5.41) is 2.73.